The van der Waals surface area contributed by atoms with Crippen molar-refractivity contribution in [2.45, 2.75) is 65.3 Å². The van der Waals surface area contributed by atoms with Gasteiger partial charge in [-0.1, -0.05) is 56.0 Å². The summed E-state index contributed by atoms with van der Waals surface area (Å²) >= 11 is 3.48. The van der Waals surface area contributed by atoms with Crippen LogP contribution in [0.15, 0.2) is 0 Å². The summed E-state index contributed by atoms with van der Waals surface area (Å²) in [7, 11) is 0. The monoisotopic (exact) mass is 303 g/mol. The minimum Gasteiger partial charge on any atom is -0.353 e. The van der Waals surface area contributed by atoms with Gasteiger partial charge < -0.3 is 5.32 Å². The highest BCUT2D eigenvalue weighted by Gasteiger charge is 2.29. The largest absolute Gasteiger partial charge is 0.353 e. The molecule has 17 heavy (non-hydrogen) atoms. The molecule has 0 aromatic rings. The number of amides is 1. The predicted octanol–water partition coefficient (Wildman–Crippen LogP) is 3.88. The maximum Gasteiger partial charge on any atom is 0.223 e. The fraction of sp³-hybridized carbons (Fsp3) is 0.929. The maximum absolute atomic E-state index is 12.2. The van der Waals surface area contributed by atoms with E-state index in [9.17, 15) is 4.79 Å². The first-order valence-corrected chi connectivity index (χ1v) is 7.93. The smallest absolute Gasteiger partial charge is 0.223 e. The van der Waals surface area contributed by atoms with E-state index in [2.05, 4.69) is 42.0 Å². The van der Waals surface area contributed by atoms with Crippen LogP contribution in [0.2, 0.25) is 0 Å². The van der Waals surface area contributed by atoms with Crippen LogP contribution >= 0.6 is 15.9 Å². The fourth-order valence-electron chi connectivity index (χ4n) is 2.49. The number of hydrogen-bond acceptors (Lipinski definition) is 1. The minimum absolute atomic E-state index is 0.137. The number of carbonyl (C=O) groups is 1. The molecule has 1 rings (SSSR count). The number of alkyl halides is 1. The zero-order valence-electron chi connectivity index (χ0n) is 11.4. The van der Waals surface area contributed by atoms with Gasteiger partial charge >= 0.3 is 0 Å². The molecule has 0 aliphatic heterocycles. The zero-order chi connectivity index (χ0) is 12.9. The molecule has 1 aliphatic rings. The fourth-order valence-corrected chi connectivity index (χ4v) is 2.94. The lowest BCUT2D eigenvalue weighted by molar-refractivity contribution is -0.127. The molecular weight excluding hydrogens is 278 g/mol. The summed E-state index contributed by atoms with van der Waals surface area (Å²) in [6.45, 7) is 6.59. The summed E-state index contributed by atoms with van der Waals surface area (Å²) in [5, 5.41) is 4.20. The molecule has 1 amide bonds. The highest BCUT2D eigenvalue weighted by Crippen LogP contribution is 2.26. The van der Waals surface area contributed by atoms with Crippen LogP contribution in [-0.4, -0.2) is 17.3 Å². The van der Waals surface area contributed by atoms with E-state index >= 15 is 0 Å². The Bertz CT molecular complexity index is 241. The Hall–Kier alpha value is -0.0500. The molecule has 1 saturated carbocycles. The van der Waals surface area contributed by atoms with Crippen LogP contribution in [0, 0.1) is 11.3 Å². The normalized spacial score (nSPS) is 20.0. The Balaban J connectivity index is 2.51. The molecule has 1 atom stereocenters. The number of hydrogen-bond donors (Lipinski definition) is 1. The van der Waals surface area contributed by atoms with E-state index in [1.807, 2.05) is 0 Å². The lowest BCUT2D eigenvalue weighted by atomic mass is 9.83. The maximum atomic E-state index is 12.2. The molecular formula is C14H26BrNO. The van der Waals surface area contributed by atoms with Gasteiger partial charge in [-0.25, -0.2) is 0 Å². The van der Waals surface area contributed by atoms with Gasteiger partial charge in [-0.2, -0.15) is 0 Å². The molecule has 0 aromatic carbocycles. The second-order valence-corrected chi connectivity index (χ2v) is 7.03. The van der Waals surface area contributed by atoms with Crippen LogP contribution in [0.25, 0.3) is 0 Å². The van der Waals surface area contributed by atoms with Gasteiger partial charge in [-0.3, -0.25) is 4.79 Å². The molecule has 3 heteroatoms. The summed E-state index contributed by atoms with van der Waals surface area (Å²) in [5.74, 6) is 0.550. The van der Waals surface area contributed by atoms with Crippen LogP contribution < -0.4 is 5.32 Å². The molecule has 2 nitrogen and oxygen atoms in total. The van der Waals surface area contributed by atoms with Crippen LogP contribution in [0.3, 0.4) is 0 Å². The SMILES string of the molecule is CC(C)(C)C(CCBr)NC(=O)C1CCCCC1. The highest BCUT2D eigenvalue weighted by molar-refractivity contribution is 9.09. The van der Waals surface area contributed by atoms with E-state index in [0.29, 0.717) is 0 Å². The van der Waals surface area contributed by atoms with Crippen molar-refractivity contribution < 1.29 is 4.79 Å². The minimum atomic E-state index is 0.137. The Morgan fingerprint density at radius 2 is 1.88 bits per heavy atom. The second kappa shape index (κ2) is 6.77. The van der Waals surface area contributed by atoms with E-state index < -0.39 is 0 Å². The van der Waals surface area contributed by atoms with Crippen molar-refractivity contribution in [2.24, 2.45) is 11.3 Å². The molecule has 1 unspecified atom stereocenters. The molecule has 0 bridgehead atoms. The quantitative estimate of drug-likeness (QED) is 0.785. The third-order valence-corrected chi connectivity index (χ3v) is 4.19. The van der Waals surface area contributed by atoms with E-state index in [1.54, 1.807) is 0 Å². The van der Waals surface area contributed by atoms with Crippen LogP contribution in [0.4, 0.5) is 0 Å². The van der Waals surface area contributed by atoms with Crippen molar-refractivity contribution in [3.8, 4) is 0 Å². The highest BCUT2D eigenvalue weighted by atomic mass is 79.9. The van der Waals surface area contributed by atoms with E-state index in [1.165, 1.54) is 19.3 Å². The molecule has 1 fully saturated rings. The van der Waals surface area contributed by atoms with Crippen molar-refractivity contribution in [1.82, 2.24) is 5.32 Å². The summed E-state index contributed by atoms with van der Waals surface area (Å²) in [5.41, 5.74) is 0.137. The molecule has 0 spiro atoms. The molecule has 0 heterocycles. The topological polar surface area (TPSA) is 29.1 Å². The average Bonchev–Trinajstić information content (AvgIpc) is 2.28. The molecule has 0 saturated heterocycles. The summed E-state index contributed by atoms with van der Waals surface area (Å²) in [6.07, 6.45) is 6.90. The Kier molecular flexibility index (Phi) is 5.98. The number of carbonyl (C=O) groups excluding carboxylic acids is 1. The first kappa shape index (κ1) is 15.0. The predicted molar refractivity (Wildman–Crippen MR) is 76.4 cm³/mol. The third-order valence-electron chi connectivity index (χ3n) is 3.74. The zero-order valence-corrected chi connectivity index (χ0v) is 13.0. The van der Waals surface area contributed by atoms with Crippen LogP contribution in [0.5, 0.6) is 0 Å². The number of halogens is 1. The van der Waals surface area contributed by atoms with Gasteiger partial charge in [0.05, 0.1) is 0 Å². The molecule has 0 radical (unpaired) electrons. The average molecular weight is 304 g/mol. The van der Waals surface area contributed by atoms with Gasteiger partial charge in [0.25, 0.3) is 0 Å². The molecule has 1 aliphatic carbocycles. The van der Waals surface area contributed by atoms with Crippen LogP contribution in [0.1, 0.15) is 59.3 Å². The van der Waals surface area contributed by atoms with Crippen molar-refractivity contribution in [3.05, 3.63) is 0 Å². The van der Waals surface area contributed by atoms with Gasteiger partial charge in [-0.15, -0.1) is 0 Å². The summed E-state index contributed by atoms with van der Waals surface area (Å²) in [4.78, 5) is 12.2. The lowest BCUT2D eigenvalue weighted by Gasteiger charge is -2.33. The van der Waals surface area contributed by atoms with Gasteiger partial charge in [0, 0.05) is 17.3 Å². The molecule has 100 valence electrons. The van der Waals surface area contributed by atoms with Crippen molar-refractivity contribution in [2.75, 3.05) is 5.33 Å². The van der Waals surface area contributed by atoms with Gasteiger partial charge in [-0.05, 0) is 24.7 Å². The first-order chi connectivity index (χ1) is 7.95. The van der Waals surface area contributed by atoms with Crippen molar-refractivity contribution >= 4 is 21.8 Å². The number of nitrogens with one attached hydrogen (secondary N) is 1. The van der Waals surface area contributed by atoms with E-state index in [-0.39, 0.29) is 23.3 Å². The Labute approximate surface area is 114 Å². The Morgan fingerprint density at radius 3 is 2.35 bits per heavy atom. The molecule has 0 aromatic heterocycles. The van der Waals surface area contributed by atoms with Gasteiger partial charge in [0.15, 0.2) is 0 Å². The van der Waals surface area contributed by atoms with Crippen LogP contribution in [-0.2, 0) is 4.79 Å². The Morgan fingerprint density at radius 1 is 1.29 bits per heavy atom. The second-order valence-electron chi connectivity index (χ2n) is 6.24. The van der Waals surface area contributed by atoms with Gasteiger partial charge in [0.1, 0.15) is 0 Å². The third kappa shape index (κ3) is 4.99. The van der Waals surface area contributed by atoms with E-state index in [0.717, 1.165) is 24.6 Å². The first-order valence-electron chi connectivity index (χ1n) is 6.81. The van der Waals surface area contributed by atoms with Crippen molar-refractivity contribution in [1.29, 1.82) is 0 Å². The summed E-state index contributed by atoms with van der Waals surface area (Å²) in [6, 6.07) is 0.274. The lowest BCUT2D eigenvalue weighted by Crippen LogP contribution is -2.46. The van der Waals surface area contributed by atoms with E-state index in [4.69, 9.17) is 0 Å². The van der Waals surface area contributed by atoms with Gasteiger partial charge in [0.2, 0.25) is 5.91 Å². The standard InChI is InChI=1S/C14H26BrNO/c1-14(2,3)12(9-10-15)16-13(17)11-7-5-4-6-8-11/h11-12H,4-10H2,1-3H3,(H,16,17). The summed E-state index contributed by atoms with van der Waals surface area (Å²) < 4.78 is 0. The van der Waals surface area contributed by atoms with Crippen molar-refractivity contribution in [3.63, 3.8) is 0 Å². The molecule has 1 N–H and O–H groups in total. The number of rotatable bonds is 4.